The molecule has 0 radical (unpaired) electrons. The molecule has 0 aliphatic carbocycles. The monoisotopic (exact) mass is 419 g/mol. The van der Waals surface area contributed by atoms with Crippen molar-refractivity contribution in [2.45, 2.75) is 51.9 Å². The number of nitro groups is 1. The number of rotatable bonds is 6. The summed E-state index contributed by atoms with van der Waals surface area (Å²) in [6, 6.07) is 5.78. The number of nitrogens with zero attached hydrogens (tertiary/aromatic N) is 3. The molecule has 1 aliphatic heterocycles. The number of hydrogen-bond acceptors (Lipinski definition) is 6. The first-order chi connectivity index (χ1) is 14.1. The van der Waals surface area contributed by atoms with Gasteiger partial charge in [-0.05, 0) is 51.3 Å². The Hall–Kier alpha value is -3.10. The largest absolute Gasteiger partial charge is 0.445 e. The van der Waals surface area contributed by atoms with Crippen molar-refractivity contribution in [1.29, 1.82) is 0 Å². The van der Waals surface area contributed by atoms with Crippen LogP contribution in [0.1, 0.15) is 39.2 Å². The Morgan fingerprint density at radius 1 is 1.27 bits per heavy atom. The van der Waals surface area contributed by atoms with Crippen LogP contribution >= 0.6 is 0 Å². The molecule has 2 rings (SSSR count). The van der Waals surface area contributed by atoms with Gasteiger partial charge in [0.1, 0.15) is 12.2 Å². The highest BCUT2D eigenvalue weighted by Gasteiger charge is 2.31. The number of nitro benzene ring substituents is 1. The quantitative estimate of drug-likeness (QED) is 0.390. The highest BCUT2D eigenvalue weighted by atomic mass is 16.6. The summed E-state index contributed by atoms with van der Waals surface area (Å²) < 4.78 is 10.8. The van der Waals surface area contributed by atoms with Crippen LogP contribution in [0.4, 0.5) is 15.3 Å². The minimum absolute atomic E-state index is 0.0151. The van der Waals surface area contributed by atoms with Crippen molar-refractivity contribution in [2.75, 3.05) is 19.6 Å². The molecule has 30 heavy (non-hydrogen) atoms. The predicted octanol–water partition coefficient (Wildman–Crippen LogP) is 4.12. The number of ether oxygens (including phenoxy) is 2. The number of hydrogen-bond donors (Lipinski definition) is 0. The van der Waals surface area contributed by atoms with Crippen molar-refractivity contribution in [2.24, 2.45) is 0 Å². The summed E-state index contributed by atoms with van der Waals surface area (Å²) in [5, 5.41) is 10.7. The van der Waals surface area contributed by atoms with Crippen LogP contribution in [0, 0.1) is 10.1 Å². The predicted molar refractivity (Wildman–Crippen MR) is 111 cm³/mol. The average molecular weight is 419 g/mol. The molecule has 1 aromatic rings. The molecule has 9 heteroatoms. The van der Waals surface area contributed by atoms with Gasteiger partial charge in [0.05, 0.1) is 4.92 Å². The van der Waals surface area contributed by atoms with Crippen LogP contribution in [-0.2, 0) is 16.1 Å². The lowest BCUT2D eigenvalue weighted by Gasteiger charge is -2.38. The summed E-state index contributed by atoms with van der Waals surface area (Å²) in [7, 11) is 0. The van der Waals surface area contributed by atoms with Crippen LogP contribution in [0.15, 0.2) is 36.9 Å². The second-order valence-electron chi connectivity index (χ2n) is 8.12. The third kappa shape index (κ3) is 6.75. The number of amides is 2. The molecule has 0 aromatic heterocycles. The minimum Gasteiger partial charge on any atom is -0.445 e. The van der Waals surface area contributed by atoms with Crippen molar-refractivity contribution in [3.63, 3.8) is 0 Å². The van der Waals surface area contributed by atoms with E-state index in [0.29, 0.717) is 38.0 Å². The number of likely N-dealkylation sites (tertiary alicyclic amines) is 1. The Morgan fingerprint density at radius 3 is 2.37 bits per heavy atom. The maximum atomic E-state index is 12.6. The molecule has 0 saturated carbocycles. The lowest BCUT2D eigenvalue weighted by Crippen LogP contribution is -2.49. The molecule has 0 spiro atoms. The molecule has 0 atom stereocenters. The van der Waals surface area contributed by atoms with Crippen molar-refractivity contribution >= 4 is 17.9 Å². The maximum absolute atomic E-state index is 12.6. The molecule has 164 valence electrons. The minimum atomic E-state index is -0.551. The Morgan fingerprint density at radius 2 is 1.87 bits per heavy atom. The molecule has 1 fully saturated rings. The van der Waals surface area contributed by atoms with Crippen LogP contribution in [0.2, 0.25) is 0 Å². The van der Waals surface area contributed by atoms with Gasteiger partial charge < -0.3 is 19.3 Å². The van der Waals surface area contributed by atoms with Gasteiger partial charge in [-0.2, -0.15) is 0 Å². The van der Waals surface area contributed by atoms with Crippen molar-refractivity contribution in [3.8, 4) is 0 Å². The fraction of sp³-hybridized carbons (Fsp3) is 0.524. The van der Waals surface area contributed by atoms with Crippen LogP contribution in [0.5, 0.6) is 0 Å². The summed E-state index contributed by atoms with van der Waals surface area (Å²) in [5.74, 6) is 0. The summed E-state index contributed by atoms with van der Waals surface area (Å²) in [6.07, 6.45) is 2.02. The van der Waals surface area contributed by atoms with Crippen molar-refractivity contribution in [1.82, 2.24) is 9.80 Å². The maximum Gasteiger partial charge on any atom is 0.410 e. The van der Waals surface area contributed by atoms with Gasteiger partial charge in [-0.15, -0.1) is 6.58 Å². The molecule has 0 N–H and O–H groups in total. The normalized spacial score (nSPS) is 14.7. The average Bonchev–Trinajstić information content (AvgIpc) is 2.69. The van der Waals surface area contributed by atoms with E-state index < -0.39 is 16.6 Å². The molecule has 9 nitrogen and oxygen atoms in total. The molecule has 2 amide bonds. The second kappa shape index (κ2) is 10.1. The number of benzene rings is 1. The first-order valence-electron chi connectivity index (χ1n) is 9.86. The molecule has 1 aliphatic rings. The molecule has 0 bridgehead atoms. The van der Waals surface area contributed by atoms with E-state index in [4.69, 9.17) is 9.47 Å². The highest BCUT2D eigenvalue weighted by molar-refractivity contribution is 5.69. The van der Waals surface area contributed by atoms with E-state index in [1.54, 1.807) is 28.0 Å². The van der Waals surface area contributed by atoms with E-state index in [2.05, 4.69) is 6.58 Å². The number of carbonyl (C=O) groups excluding carboxylic acids is 2. The summed E-state index contributed by atoms with van der Waals surface area (Å²) in [6.45, 7) is 10.5. The first-order valence-corrected chi connectivity index (χ1v) is 9.86. The van der Waals surface area contributed by atoms with E-state index in [1.807, 2.05) is 20.8 Å². The number of non-ortho nitro benzene ring substituents is 1. The first kappa shape index (κ1) is 23.2. The Kier molecular flexibility index (Phi) is 7.79. The van der Waals surface area contributed by atoms with Crippen molar-refractivity contribution in [3.05, 3.63) is 52.6 Å². The van der Waals surface area contributed by atoms with Gasteiger partial charge in [-0.3, -0.25) is 10.1 Å². The number of carbonyl (C=O) groups is 2. The lowest BCUT2D eigenvalue weighted by atomic mass is 10.0. The summed E-state index contributed by atoms with van der Waals surface area (Å²) >= 11 is 0. The zero-order valence-electron chi connectivity index (χ0n) is 17.7. The van der Waals surface area contributed by atoms with E-state index in [0.717, 1.165) is 0 Å². The van der Waals surface area contributed by atoms with E-state index >= 15 is 0 Å². The highest BCUT2D eigenvalue weighted by Crippen LogP contribution is 2.21. The Labute approximate surface area is 176 Å². The van der Waals surface area contributed by atoms with Gasteiger partial charge in [-0.25, -0.2) is 9.59 Å². The van der Waals surface area contributed by atoms with Gasteiger partial charge in [0.2, 0.25) is 0 Å². The SMILES string of the molecule is C=CCN(C(=O)OCc1ccc([N+](=O)[O-])cc1)C1CCN(C(=O)OC(C)(C)C)CC1. The lowest BCUT2D eigenvalue weighted by molar-refractivity contribution is -0.384. The van der Waals surface area contributed by atoms with Crippen LogP contribution < -0.4 is 0 Å². The van der Waals surface area contributed by atoms with Gasteiger partial charge in [0.25, 0.3) is 5.69 Å². The molecule has 0 unspecified atom stereocenters. The summed E-state index contributed by atoms with van der Waals surface area (Å²) in [4.78, 5) is 38.3. The van der Waals surface area contributed by atoms with Gasteiger partial charge in [0, 0.05) is 37.8 Å². The molecule has 1 aromatic carbocycles. The molecule has 1 saturated heterocycles. The third-order valence-electron chi connectivity index (χ3n) is 4.63. The van der Waals surface area contributed by atoms with Crippen LogP contribution in [0.3, 0.4) is 0 Å². The Bertz CT molecular complexity index is 764. The van der Waals surface area contributed by atoms with Gasteiger partial charge in [-0.1, -0.05) is 6.08 Å². The summed E-state index contributed by atoms with van der Waals surface area (Å²) in [5.41, 5.74) is 0.0900. The number of piperidine rings is 1. The van der Waals surface area contributed by atoms with E-state index in [1.165, 1.54) is 12.1 Å². The molecular weight excluding hydrogens is 390 g/mol. The van der Waals surface area contributed by atoms with Gasteiger partial charge in [0.15, 0.2) is 0 Å². The molecule has 1 heterocycles. The van der Waals surface area contributed by atoms with Gasteiger partial charge >= 0.3 is 12.2 Å². The molecular formula is C21H29N3O6. The van der Waals surface area contributed by atoms with E-state index in [9.17, 15) is 19.7 Å². The van der Waals surface area contributed by atoms with Crippen LogP contribution in [-0.4, -0.2) is 58.2 Å². The fourth-order valence-electron chi connectivity index (χ4n) is 3.14. The van der Waals surface area contributed by atoms with E-state index in [-0.39, 0.29) is 24.4 Å². The zero-order chi connectivity index (χ0) is 22.3. The Balaban J connectivity index is 1.90. The third-order valence-corrected chi connectivity index (χ3v) is 4.63. The zero-order valence-corrected chi connectivity index (χ0v) is 17.7. The topological polar surface area (TPSA) is 102 Å². The smallest absolute Gasteiger partial charge is 0.410 e. The standard InChI is InChI=1S/C21H29N3O6/c1-5-12-23(17-10-13-22(14-11-17)19(25)30-21(2,3)4)20(26)29-15-16-6-8-18(9-7-16)24(27)28/h5-9,17H,1,10-15H2,2-4H3. The van der Waals surface area contributed by atoms with Crippen molar-refractivity contribution < 1.29 is 24.0 Å². The fourth-order valence-corrected chi connectivity index (χ4v) is 3.14. The van der Waals surface area contributed by atoms with Crippen LogP contribution in [0.25, 0.3) is 0 Å². The second-order valence-corrected chi connectivity index (χ2v) is 8.12.